The second-order valence-corrected chi connectivity index (χ2v) is 6.19. The normalized spacial score (nSPS) is 14.8. The number of anilines is 1. The molecule has 0 saturated heterocycles. The molecule has 8 heteroatoms. The van der Waals surface area contributed by atoms with Crippen molar-refractivity contribution in [2.24, 2.45) is 5.92 Å². The van der Waals surface area contributed by atoms with Crippen LogP contribution in [0.5, 0.6) is 5.75 Å². The number of nitriles is 1. The Balaban J connectivity index is 1.85. The molecule has 0 bridgehead atoms. The van der Waals surface area contributed by atoms with Gasteiger partial charge in [-0.25, -0.2) is 18.2 Å². The summed E-state index contributed by atoms with van der Waals surface area (Å²) in [4.78, 5) is 7.94. The van der Waals surface area contributed by atoms with Crippen molar-refractivity contribution in [3.8, 4) is 11.8 Å². The van der Waals surface area contributed by atoms with E-state index in [9.17, 15) is 13.2 Å². The third-order valence-electron chi connectivity index (χ3n) is 4.14. The van der Waals surface area contributed by atoms with E-state index in [2.05, 4.69) is 15.3 Å². The fourth-order valence-corrected chi connectivity index (χ4v) is 2.48. The van der Waals surface area contributed by atoms with E-state index < -0.39 is 23.8 Å². The van der Waals surface area contributed by atoms with Gasteiger partial charge in [0.1, 0.15) is 11.9 Å². The molecule has 0 unspecified atom stereocenters. The van der Waals surface area contributed by atoms with Gasteiger partial charge in [-0.1, -0.05) is 18.2 Å². The fraction of sp³-hybridized carbons (Fsp3) is 0.389. The summed E-state index contributed by atoms with van der Waals surface area (Å²) >= 11 is 0. The van der Waals surface area contributed by atoms with Crippen molar-refractivity contribution in [1.29, 1.82) is 5.26 Å². The molecule has 1 aliphatic carbocycles. The van der Waals surface area contributed by atoms with Gasteiger partial charge in [0.2, 0.25) is 5.82 Å². The van der Waals surface area contributed by atoms with Gasteiger partial charge in [-0.05, 0) is 25.7 Å². The van der Waals surface area contributed by atoms with Gasteiger partial charge in [0.25, 0.3) is 6.43 Å². The maximum absolute atomic E-state index is 14.3. The minimum atomic E-state index is -2.90. The monoisotopic (exact) mass is 362 g/mol. The summed E-state index contributed by atoms with van der Waals surface area (Å²) in [6.45, 7) is 2.13. The van der Waals surface area contributed by atoms with Gasteiger partial charge in [0, 0.05) is 5.56 Å². The second-order valence-electron chi connectivity index (χ2n) is 6.19. The van der Waals surface area contributed by atoms with Gasteiger partial charge in [-0.3, -0.25) is 0 Å². The Bertz CT molecular complexity index is 834. The van der Waals surface area contributed by atoms with E-state index in [1.807, 2.05) is 6.07 Å². The molecule has 1 atom stereocenters. The van der Waals surface area contributed by atoms with Crippen LogP contribution in [0.4, 0.5) is 19.0 Å². The van der Waals surface area contributed by atoms with E-state index in [0.29, 0.717) is 18.3 Å². The highest BCUT2D eigenvalue weighted by Crippen LogP contribution is 2.33. The van der Waals surface area contributed by atoms with Crippen molar-refractivity contribution < 1.29 is 17.9 Å². The van der Waals surface area contributed by atoms with Crippen LogP contribution >= 0.6 is 0 Å². The molecular weight excluding hydrogens is 345 g/mol. The topological polar surface area (TPSA) is 70.8 Å². The number of aromatic nitrogens is 2. The summed E-state index contributed by atoms with van der Waals surface area (Å²) in [6, 6.07) is 5.02. The molecule has 1 N–H and O–H groups in total. The molecule has 0 amide bonds. The zero-order valence-electron chi connectivity index (χ0n) is 14.0. The molecule has 1 fully saturated rings. The van der Waals surface area contributed by atoms with Gasteiger partial charge >= 0.3 is 0 Å². The molecule has 5 nitrogen and oxygen atoms in total. The standard InChI is InChI=1S/C18H17F3N4O/c1-10(12-3-2-4-13(16(12)19)17(20)21)24-18-14(26-9-11-5-6-11)8-23-15(7-22)25-18/h2-4,8,10-11,17H,5-6,9H2,1H3,(H,23,24,25)/t10-/m1/s1. The summed E-state index contributed by atoms with van der Waals surface area (Å²) in [5.74, 6) is 0.0357. The zero-order valence-corrected chi connectivity index (χ0v) is 14.0. The van der Waals surface area contributed by atoms with E-state index in [-0.39, 0.29) is 17.2 Å². The van der Waals surface area contributed by atoms with Crippen LogP contribution in [-0.2, 0) is 0 Å². The fourth-order valence-electron chi connectivity index (χ4n) is 2.48. The second kappa shape index (κ2) is 7.60. The van der Waals surface area contributed by atoms with Crippen molar-refractivity contribution in [2.45, 2.75) is 32.2 Å². The lowest BCUT2D eigenvalue weighted by Crippen LogP contribution is -2.13. The molecule has 1 heterocycles. The molecular formula is C18H17F3N4O. The van der Waals surface area contributed by atoms with E-state index in [4.69, 9.17) is 10.00 Å². The van der Waals surface area contributed by atoms with Crippen LogP contribution in [0.3, 0.4) is 0 Å². The van der Waals surface area contributed by atoms with Crippen molar-refractivity contribution in [3.63, 3.8) is 0 Å². The Labute approximate surface area is 148 Å². The molecule has 0 radical (unpaired) electrons. The number of hydrogen-bond acceptors (Lipinski definition) is 5. The van der Waals surface area contributed by atoms with Crippen LogP contribution in [0.2, 0.25) is 0 Å². The Morgan fingerprint density at radius 3 is 2.73 bits per heavy atom. The van der Waals surface area contributed by atoms with Crippen molar-refractivity contribution in [2.75, 3.05) is 11.9 Å². The van der Waals surface area contributed by atoms with Crippen LogP contribution in [0.1, 0.15) is 49.2 Å². The van der Waals surface area contributed by atoms with Gasteiger partial charge < -0.3 is 10.1 Å². The van der Waals surface area contributed by atoms with E-state index >= 15 is 0 Å². The van der Waals surface area contributed by atoms with Crippen LogP contribution in [0.15, 0.2) is 24.4 Å². The molecule has 1 saturated carbocycles. The zero-order chi connectivity index (χ0) is 18.7. The SMILES string of the molecule is C[C@@H](Nc1nc(C#N)ncc1OCC1CC1)c1cccc(C(F)F)c1F. The van der Waals surface area contributed by atoms with Crippen LogP contribution in [0, 0.1) is 23.1 Å². The first-order chi connectivity index (χ1) is 12.5. The number of nitrogens with one attached hydrogen (secondary N) is 1. The number of hydrogen-bond donors (Lipinski definition) is 1. The highest BCUT2D eigenvalue weighted by Gasteiger charge is 2.24. The first-order valence-corrected chi connectivity index (χ1v) is 8.22. The van der Waals surface area contributed by atoms with Gasteiger partial charge in [0.05, 0.1) is 24.4 Å². The summed E-state index contributed by atoms with van der Waals surface area (Å²) in [5.41, 5.74) is -0.574. The van der Waals surface area contributed by atoms with Gasteiger partial charge in [-0.15, -0.1) is 0 Å². The molecule has 0 spiro atoms. The van der Waals surface area contributed by atoms with E-state index in [1.54, 1.807) is 6.92 Å². The molecule has 1 aromatic carbocycles. The van der Waals surface area contributed by atoms with Crippen molar-refractivity contribution in [3.05, 3.63) is 47.2 Å². The molecule has 1 aliphatic rings. The first kappa shape index (κ1) is 18.0. The molecule has 2 aromatic rings. The predicted molar refractivity (Wildman–Crippen MR) is 88.4 cm³/mol. The number of nitrogens with zero attached hydrogens (tertiary/aromatic N) is 3. The number of halogens is 3. The Kier molecular flexibility index (Phi) is 5.26. The first-order valence-electron chi connectivity index (χ1n) is 8.22. The maximum Gasteiger partial charge on any atom is 0.266 e. The summed E-state index contributed by atoms with van der Waals surface area (Å²) in [7, 11) is 0. The summed E-state index contributed by atoms with van der Waals surface area (Å²) in [5, 5.41) is 11.9. The van der Waals surface area contributed by atoms with Crippen molar-refractivity contribution >= 4 is 5.82 Å². The van der Waals surface area contributed by atoms with E-state index in [1.165, 1.54) is 18.3 Å². The number of ether oxygens (including phenoxy) is 1. The Morgan fingerprint density at radius 1 is 1.35 bits per heavy atom. The number of rotatable bonds is 7. The maximum atomic E-state index is 14.3. The lowest BCUT2D eigenvalue weighted by atomic mass is 10.0. The molecule has 136 valence electrons. The molecule has 1 aromatic heterocycles. The van der Waals surface area contributed by atoms with Gasteiger partial charge in [0.15, 0.2) is 11.6 Å². The lowest BCUT2D eigenvalue weighted by Gasteiger charge is -2.19. The lowest BCUT2D eigenvalue weighted by molar-refractivity contribution is 0.146. The average molecular weight is 362 g/mol. The van der Waals surface area contributed by atoms with Crippen LogP contribution in [-0.4, -0.2) is 16.6 Å². The van der Waals surface area contributed by atoms with Crippen molar-refractivity contribution in [1.82, 2.24) is 9.97 Å². The van der Waals surface area contributed by atoms with Gasteiger partial charge in [-0.2, -0.15) is 10.2 Å². The summed E-state index contributed by atoms with van der Waals surface area (Å²) in [6.07, 6.45) is 0.683. The smallest absolute Gasteiger partial charge is 0.266 e. The van der Waals surface area contributed by atoms with Crippen LogP contribution < -0.4 is 10.1 Å². The Morgan fingerprint density at radius 2 is 2.08 bits per heavy atom. The third kappa shape index (κ3) is 4.04. The number of benzene rings is 1. The predicted octanol–water partition coefficient (Wildman–Crippen LogP) is 4.39. The largest absolute Gasteiger partial charge is 0.488 e. The highest BCUT2D eigenvalue weighted by atomic mass is 19.3. The average Bonchev–Trinajstić information content (AvgIpc) is 3.44. The third-order valence-corrected chi connectivity index (χ3v) is 4.14. The molecule has 0 aliphatic heterocycles. The van der Waals surface area contributed by atoms with Crippen LogP contribution in [0.25, 0.3) is 0 Å². The quantitative estimate of drug-likeness (QED) is 0.791. The number of alkyl halides is 2. The molecule has 26 heavy (non-hydrogen) atoms. The minimum absolute atomic E-state index is 0.0692. The van der Waals surface area contributed by atoms with E-state index in [0.717, 1.165) is 18.9 Å². The summed E-state index contributed by atoms with van der Waals surface area (Å²) < 4.78 is 45.8. The highest BCUT2D eigenvalue weighted by molar-refractivity contribution is 5.51. The Hall–Kier alpha value is -2.82. The molecule has 3 rings (SSSR count). The minimum Gasteiger partial charge on any atom is -0.488 e.